The number of benzene rings is 1. The molecule has 1 aliphatic heterocycles. The van der Waals surface area contributed by atoms with Gasteiger partial charge in [-0.2, -0.15) is 0 Å². The number of hydrogen-bond acceptors (Lipinski definition) is 12. The molecule has 0 radical (unpaired) electrons. The number of hydrogen-bond donors (Lipinski definition) is 1. The summed E-state index contributed by atoms with van der Waals surface area (Å²) in [4.78, 5) is 58.0. The van der Waals surface area contributed by atoms with Gasteiger partial charge in [0, 0.05) is 33.8 Å². The van der Waals surface area contributed by atoms with Crippen molar-refractivity contribution in [2.24, 2.45) is 0 Å². The zero-order valence-corrected chi connectivity index (χ0v) is 19.5. The zero-order chi connectivity index (χ0) is 25.0. The monoisotopic (exact) mass is 497 g/mol. The number of nitrogens with one attached hydrogen (secondary N) is 1. The Balaban J connectivity index is 1.99. The molecular formula is C21H23NO11S. The molecule has 1 N–H and O–H groups in total. The molecule has 2 aromatic rings. The van der Waals surface area contributed by atoms with Crippen LogP contribution in [0, 0.1) is 0 Å². The van der Waals surface area contributed by atoms with Crippen LogP contribution in [0.2, 0.25) is 0 Å². The van der Waals surface area contributed by atoms with Gasteiger partial charge in [0.05, 0.1) is 4.70 Å². The standard InChI is InChI=1S/C21H23NO11S/c1-9(23)22-17-19(30-12(4)26)18(29-11(3)25)15(8-28-10(2)24)32-20(17)31-13-5-6-14-16(7-13)34-21(27)33-14/h5-7,15,17-20H,8H2,1-4H3,(H,22,23)/t15-,17-,18+,19+,20-/m0/s1. The number of ether oxygens (including phenoxy) is 5. The summed E-state index contributed by atoms with van der Waals surface area (Å²) in [6.45, 7) is 4.38. The SMILES string of the molecule is CC(=O)N[C@@H]1[C@@H](Oc2ccc3oc(=O)sc3c2)O[C@@H](COC(C)=O)[C@@H](OC(C)=O)[C@@H]1OC(C)=O. The molecule has 1 aliphatic rings. The molecule has 2 heterocycles. The summed E-state index contributed by atoms with van der Waals surface area (Å²) in [6, 6.07) is 3.48. The van der Waals surface area contributed by atoms with E-state index in [1.165, 1.54) is 26.0 Å². The van der Waals surface area contributed by atoms with Crippen LogP contribution in [0.4, 0.5) is 0 Å². The lowest BCUT2D eigenvalue weighted by atomic mass is 9.96. The first kappa shape index (κ1) is 25.2. The summed E-state index contributed by atoms with van der Waals surface area (Å²) in [7, 11) is 0. The van der Waals surface area contributed by atoms with E-state index < -0.39 is 59.4 Å². The van der Waals surface area contributed by atoms with Crippen LogP contribution in [0.25, 0.3) is 10.3 Å². The van der Waals surface area contributed by atoms with Crippen molar-refractivity contribution in [3.05, 3.63) is 27.9 Å². The summed E-state index contributed by atoms with van der Waals surface area (Å²) in [5.74, 6) is -2.28. The Morgan fingerprint density at radius 3 is 2.29 bits per heavy atom. The van der Waals surface area contributed by atoms with Crippen molar-refractivity contribution in [1.29, 1.82) is 0 Å². The molecule has 1 amide bonds. The van der Waals surface area contributed by atoms with E-state index in [1.807, 2.05) is 0 Å². The van der Waals surface area contributed by atoms with Crippen molar-refractivity contribution in [3.8, 4) is 5.75 Å². The van der Waals surface area contributed by atoms with Crippen LogP contribution in [0.5, 0.6) is 5.75 Å². The van der Waals surface area contributed by atoms with E-state index in [9.17, 15) is 24.0 Å². The van der Waals surface area contributed by atoms with Crippen LogP contribution >= 0.6 is 11.3 Å². The normalized spacial score (nSPS) is 24.2. The number of rotatable bonds is 7. The van der Waals surface area contributed by atoms with Crippen molar-refractivity contribution in [3.63, 3.8) is 0 Å². The van der Waals surface area contributed by atoms with Gasteiger partial charge < -0.3 is 33.4 Å². The first-order chi connectivity index (χ1) is 16.0. The Morgan fingerprint density at radius 1 is 1.00 bits per heavy atom. The lowest BCUT2D eigenvalue weighted by molar-refractivity contribution is -0.257. The minimum absolute atomic E-state index is 0.253. The fourth-order valence-corrected chi connectivity index (χ4v) is 4.15. The highest BCUT2D eigenvalue weighted by atomic mass is 32.1. The molecule has 184 valence electrons. The molecule has 34 heavy (non-hydrogen) atoms. The van der Waals surface area contributed by atoms with Gasteiger partial charge in [-0.05, 0) is 12.1 Å². The van der Waals surface area contributed by atoms with E-state index in [0.717, 1.165) is 25.2 Å². The van der Waals surface area contributed by atoms with Gasteiger partial charge >= 0.3 is 22.8 Å². The molecule has 0 bridgehead atoms. The maximum atomic E-state index is 12.0. The second-order valence-electron chi connectivity index (χ2n) is 7.40. The van der Waals surface area contributed by atoms with Gasteiger partial charge in [0.15, 0.2) is 12.2 Å². The van der Waals surface area contributed by atoms with E-state index in [0.29, 0.717) is 10.3 Å². The summed E-state index contributed by atoms with van der Waals surface area (Å²) in [6.07, 6.45) is -4.82. The predicted molar refractivity (Wildman–Crippen MR) is 115 cm³/mol. The number of fused-ring (bicyclic) bond motifs is 1. The summed E-state index contributed by atoms with van der Waals surface area (Å²) in [5, 5.41) is 2.61. The molecule has 5 atom stereocenters. The molecule has 1 aromatic carbocycles. The largest absolute Gasteiger partial charge is 0.463 e. The van der Waals surface area contributed by atoms with Crippen LogP contribution < -0.4 is 15.0 Å². The Bertz CT molecular complexity index is 1140. The van der Waals surface area contributed by atoms with E-state index >= 15 is 0 Å². The fourth-order valence-electron chi connectivity index (χ4n) is 3.45. The number of esters is 3. The van der Waals surface area contributed by atoms with Gasteiger partial charge in [-0.25, -0.2) is 4.79 Å². The average molecular weight is 497 g/mol. The molecule has 12 nitrogen and oxygen atoms in total. The topological polar surface area (TPSA) is 157 Å². The minimum Gasteiger partial charge on any atom is -0.463 e. The quantitative estimate of drug-likeness (QED) is 0.428. The molecule has 0 aliphatic carbocycles. The van der Waals surface area contributed by atoms with Crippen LogP contribution in [0.15, 0.2) is 27.4 Å². The number of amides is 1. The highest BCUT2D eigenvalue weighted by Gasteiger charge is 2.52. The highest BCUT2D eigenvalue weighted by molar-refractivity contribution is 7.16. The summed E-state index contributed by atoms with van der Waals surface area (Å²) < 4.78 is 33.2. The van der Waals surface area contributed by atoms with Crippen molar-refractivity contribution < 1.29 is 47.3 Å². The molecule has 13 heteroatoms. The highest BCUT2D eigenvalue weighted by Crippen LogP contribution is 2.30. The molecule has 3 rings (SSSR count). The predicted octanol–water partition coefficient (Wildman–Crippen LogP) is 0.889. The lowest BCUT2D eigenvalue weighted by Gasteiger charge is -2.44. The van der Waals surface area contributed by atoms with E-state index in [4.69, 9.17) is 28.1 Å². The fraction of sp³-hybridized carbons (Fsp3) is 0.476. The number of carbonyl (C=O) groups excluding carboxylic acids is 4. The molecular weight excluding hydrogens is 474 g/mol. The van der Waals surface area contributed by atoms with Crippen LogP contribution in [-0.4, -0.2) is 61.1 Å². The maximum Gasteiger partial charge on any atom is 0.396 e. The van der Waals surface area contributed by atoms with Crippen LogP contribution in [0.3, 0.4) is 0 Å². The zero-order valence-electron chi connectivity index (χ0n) is 18.7. The Labute approximate surface area is 197 Å². The smallest absolute Gasteiger partial charge is 0.396 e. The van der Waals surface area contributed by atoms with E-state index in [-0.39, 0.29) is 12.4 Å². The second kappa shape index (κ2) is 10.7. The molecule has 1 fully saturated rings. The summed E-state index contributed by atoms with van der Waals surface area (Å²) in [5.41, 5.74) is 0.366. The molecule has 0 spiro atoms. The van der Waals surface area contributed by atoms with Crippen molar-refractivity contribution in [2.45, 2.75) is 58.3 Å². The van der Waals surface area contributed by atoms with Crippen LogP contribution in [0.1, 0.15) is 27.7 Å². The van der Waals surface area contributed by atoms with E-state index in [1.54, 1.807) is 6.07 Å². The first-order valence-corrected chi connectivity index (χ1v) is 11.0. The Morgan fingerprint density at radius 2 is 1.68 bits per heavy atom. The van der Waals surface area contributed by atoms with Crippen molar-refractivity contribution in [1.82, 2.24) is 5.32 Å². The second-order valence-corrected chi connectivity index (χ2v) is 8.38. The molecule has 1 aromatic heterocycles. The summed E-state index contributed by atoms with van der Waals surface area (Å²) >= 11 is 0.871. The van der Waals surface area contributed by atoms with Gasteiger partial charge in [0.2, 0.25) is 12.2 Å². The van der Waals surface area contributed by atoms with Gasteiger partial charge in [0.25, 0.3) is 0 Å². The number of carbonyl (C=O) groups is 4. The minimum atomic E-state index is -1.26. The van der Waals surface area contributed by atoms with E-state index in [2.05, 4.69) is 5.32 Å². The van der Waals surface area contributed by atoms with Gasteiger partial charge in [-0.3, -0.25) is 19.2 Å². The third kappa shape index (κ3) is 6.32. The van der Waals surface area contributed by atoms with Gasteiger partial charge in [-0.1, -0.05) is 11.3 Å². The van der Waals surface area contributed by atoms with Gasteiger partial charge in [0.1, 0.15) is 30.1 Å². The van der Waals surface area contributed by atoms with Crippen molar-refractivity contribution >= 4 is 45.4 Å². The third-order valence-electron chi connectivity index (χ3n) is 4.63. The Hall–Kier alpha value is -3.45. The molecule has 1 saturated heterocycles. The average Bonchev–Trinajstić information content (AvgIpc) is 3.09. The van der Waals surface area contributed by atoms with Crippen molar-refractivity contribution in [2.75, 3.05) is 6.61 Å². The Kier molecular flexibility index (Phi) is 7.89. The van der Waals surface area contributed by atoms with Gasteiger partial charge in [-0.15, -0.1) is 0 Å². The maximum absolute atomic E-state index is 12.0. The molecule has 0 saturated carbocycles. The third-order valence-corrected chi connectivity index (χ3v) is 5.41. The molecule has 0 unspecified atom stereocenters. The lowest BCUT2D eigenvalue weighted by Crippen LogP contribution is -2.67. The first-order valence-electron chi connectivity index (χ1n) is 10.1. The van der Waals surface area contributed by atoms with Crippen LogP contribution in [-0.2, 0) is 38.1 Å².